The van der Waals surface area contributed by atoms with Gasteiger partial charge in [0, 0.05) is 0 Å². The Bertz CT molecular complexity index is 737. The number of hydrogen-bond acceptors (Lipinski definition) is 2. The van der Waals surface area contributed by atoms with Gasteiger partial charge < -0.3 is 10.2 Å². The van der Waals surface area contributed by atoms with Gasteiger partial charge in [0.25, 0.3) is 0 Å². The second-order valence-electron chi connectivity index (χ2n) is 4.17. The van der Waals surface area contributed by atoms with Crippen LogP contribution in [0.2, 0.25) is 0 Å². The summed E-state index contributed by atoms with van der Waals surface area (Å²) in [6.45, 7) is 3.62. The molecule has 0 spiro atoms. The molecular formula is C18H18O2. The Hall–Kier alpha value is -2.48. The number of phenolic OH excluding ortho intramolecular Hbond substituents is 2. The van der Waals surface area contributed by atoms with Crippen LogP contribution in [0.25, 0.3) is 11.1 Å². The minimum atomic E-state index is -0.372. The van der Waals surface area contributed by atoms with Crippen molar-refractivity contribution >= 4 is 11.1 Å². The topological polar surface area (TPSA) is 40.5 Å². The fourth-order valence-electron chi connectivity index (χ4n) is 2.02. The van der Waals surface area contributed by atoms with Crippen LogP contribution >= 0.6 is 0 Å². The monoisotopic (exact) mass is 270 g/mol. The van der Waals surface area contributed by atoms with Gasteiger partial charge in [-0.2, -0.15) is 0 Å². The molecule has 0 saturated carbocycles. The number of phenols is 2. The summed E-state index contributed by atoms with van der Waals surface area (Å²) in [6, 6.07) is 5.32. The zero-order valence-corrected chi connectivity index (χ0v) is 11.4. The van der Waals surface area contributed by atoms with E-state index in [-0.39, 0.29) is 35.7 Å². The van der Waals surface area contributed by atoms with E-state index in [2.05, 4.69) is 0 Å². The Morgan fingerprint density at radius 1 is 0.800 bits per heavy atom. The molecule has 0 unspecified atom stereocenters. The van der Waals surface area contributed by atoms with Crippen LogP contribution in [-0.2, 0) is 0 Å². The summed E-state index contributed by atoms with van der Waals surface area (Å²) in [5, 5.41) is 19.2. The molecule has 0 saturated heterocycles. The molecule has 2 nitrogen and oxygen atoms in total. The summed E-state index contributed by atoms with van der Waals surface area (Å²) in [5.74, 6) is -0.745. The van der Waals surface area contributed by atoms with Crippen molar-refractivity contribution in [1.82, 2.24) is 0 Å². The molecule has 0 radical (unpaired) electrons. The number of allylic oxidation sites excluding steroid dienone is 4. The summed E-state index contributed by atoms with van der Waals surface area (Å²) < 4.78 is 31.0. The molecule has 0 aromatic heterocycles. The summed E-state index contributed by atoms with van der Waals surface area (Å²) in [7, 11) is 0. The lowest BCUT2D eigenvalue weighted by Gasteiger charge is -2.13. The summed E-state index contributed by atoms with van der Waals surface area (Å²) in [4.78, 5) is 0. The molecule has 2 rings (SSSR count). The van der Waals surface area contributed by atoms with Crippen LogP contribution < -0.4 is 0 Å². The maximum atomic E-state index is 9.61. The molecule has 0 heterocycles. The van der Waals surface area contributed by atoms with E-state index in [4.69, 9.17) is 5.48 Å². The highest BCUT2D eigenvalue weighted by molar-refractivity contribution is 6.04. The van der Waals surface area contributed by atoms with Crippen LogP contribution in [0, 0.1) is 0 Å². The number of aromatic hydroxyl groups is 2. The van der Waals surface area contributed by atoms with E-state index < -0.39 is 0 Å². The number of rotatable bonds is 3. The Balaban J connectivity index is 2.61. The Morgan fingerprint density at radius 3 is 1.35 bits per heavy atom. The number of benzene rings is 2. The Morgan fingerprint density at radius 2 is 1.10 bits per heavy atom. The predicted octanol–water partition coefficient (Wildman–Crippen LogP) is 4.60. The average molecular weight is 270 g/mol. The third kappa shape index (κ3) is 2.91. The van der Waals surface area contributed by atoms with Crippen molar-refractivity contribution in [1.29, 1.82) is 0 Å². The second kappa shape index (κ2) is 6.11. The minimum absolute atomic E-state index is 0.139. The maximum Gasteiger partial charge on any atom is 0.115 e. The molecule has 0 fully saturated rings. The Kier molecular flexibility index (Phi) is 2.88. The minimum Gasteiger partial charge on any atom is -0.508 e. The van der Waals surface area contributed by atoms with Crippen LogP contribution in [0.15, 0.2) is 60.6 Å². The van der Waals surface area contributed by atoms with E-state index in [1.807, 2.05) is 13.8 Å². The van der Waals surface area contributed by atoms with Crippen molar-refractivity contribution in [2.24, 2.45) is 0 Å². The second-order valence-corrected chi connectivity index (χ2v) is 4.17. The molecule has 0 bridgehead atoms. The van der Waals surface area contributed by atoms with Gasteiger partial charge in [-0.05, 0) is 60.3 Å². The zero-order valence-electron chi connectivity index (χ0n) is 15.4. The highest BCUT2D eigenvalue weighted by atomic mass is 16.3. The van der Waals surface area contributed by atoms with Crippen LogP contribution in [0.3, 0.4) is 0 Å². The standard InChI is InChI=1S/C18H18O2/c1-3-17(13-5-9-15(19)10-6-13)18(4-2)14-7-11-16(20)12-8-14/h3-12,19-20H,1-2H3/i9D,10D,11D,12D. The first-order valence-corrected chi connectivity index (χ1v) is 6.24. The molecular weight excluding hydrogens is 248 g/mol. The van der Waals surface area contributed by atoms with Gasteiger partial charge in [0.2, 0.25) is 0 Å². The third-order valence-corrected chi connectivity index (χ3v) is 2.95. The fraction of sp³-hybridized carbons (Fsp3) is 0.111. The van der Waals surface area contributed by atoms with Gasteiger partial charge >= 0.3 is 0 Å². The molecule has 0 aliphatic carbocycles. The SMILES string of the molecule is [2H]c1cc(C(=CC)C(=CC)c2cc([2H])c(O)c([2H])c2)cc([2H])c1O. The van der Waals surface area contributed by atoms with Crippen molar-refractivity contribution in [2.45, 2.75) is 13.8 Å². The van der Waals surface area contributed by atoms with Gasteiger partial charge in [-0.1, -0.05) is 36.4 Å². The Labute approximate surface area is 125 Å². The largest absolute Gasteiger partial charge is 0.508 e. The van der Waals surface area contributed by atoms with Crippen molar-refractivity contribution in [3.63, 3.8) is 0 Å². The summed E-state index contributed by atoms with van der Waals surface area (Å²) >= 11 is 0. The smallest absolute Gasteiger partial charge is 0.115 e. The molecule has 2 aromatic rings. The fourth-order valence-corrected chi connectivity index (χ4v) is 2.02. The molecule has 2 heteroatoms. The predicted molar refractivity (Wildman–Crippen MR) is 83.5 cm³/mol. The lowest BCUT2D eigenvalue weighted by molar-refractivity contribution is 0.474. The van der Waals surface area contributed by atoms with Gasteiger partial charge in [0.05, 0.1) is 5.48 Å². The van der Waals surface area contributed by atoms with Crippen molar-refractivity contribution in [2.75, 3.05) is 0 Å². The first-order chi connectivity index (χ1) is 11.3. The molecule has 0 aliphatic heterocycles. The van der Waals surface area contributed by atoms with Crippen molar-refractivity contribution in [3.8, 4) is 11.5 Å². The van der Waals surface area contributed by atoms with Crippen LogP contribution in [-0.4, -0.2) is 10.2 Å². The highest BCUT2D eigenvalue weighted by Crippen LogP contribution is 2.32. The van der Waals surface area contributed by atoms with Crippen LogP contribution in [0.5, 0.6) is 11.5 Å². The average Bonchev–Trinajstić information content (AvgIpc) is 2.54. The summed E-state index contributed by atoms with van der Waals surface area (Å²) in [6.07, 6.45) is 3.61. The first kappa shape index (κ1) is 9.43. The van der Waals surface area contributed by atoms with E-state index in [1.165, 1.54) is 24.3 Å². The molecule has 102 valence electrons. The molecule has 20 heavy (non-hydrogen) atoms. The van der Waals surface area contributed by atoms with Gasteiger partial charge in [0.15, 0.2) is 0 Å². The normalized spacial score (nSPS) is 15.3. The van der Waals surface area contributed by atoms with Crippen LogP contribution in [0.4, 0.5) is 0 Å². The van der Waals surface area contributed by atoms with Crippen molar-refractivity contribution < 1.29 is 15.7 Å². The van der Waals surface area contributed by atoms with E-state index in [9.17, 15) is 10.2 Å². The maximum absolute atomic E-state index is 9.61. The molecule has 2 aromatic carbocycles. The zero-order chi connectivity index (χ0) is 18.0. The van der Waals surface area contributed by atoms with Gasteiger partial charge in [-0.3, -0.25) is 0 Å². The lowest BCUT2D eigenvalue weighted by Crippen LogP contribution is -1.90. The first-order valence-electron chi connectivity index (χ1n) is 8.24. The molecule has 2 N–H and O–H groups in total. The summed E-state index contributed by atoms with van der Waals surface area (Å²) in [5.41, 5.74) is 2.60. The van der Waals surface area contributed by atoms with Gasteiger partial charge in [0.1, 0.15) is 11.5 Å². The van der Waals surface area contributed by atoms with Gasteiger partial charge in [-0.15, -0.1) is 0 Å². The number of hydrogen-bond donors (Lipinski definition) is 2. The van der Waals surface area contributed by atoms with Gasteiger partial charge in [-0.25, -0.2) is 0 Å². The van der Waals surface area contributed by atoms with E-state index >= 15 is 0 Å². The van der Waals surface area contributed by atoms with E-state index in [0.29, 0.717) is 22.3 Å². The molecule has 0 aliphatic rings. The molecule has 0 amide bonds. The van der Waals surface area contributed by atoms with Crippen molar-refractivity contribution in [3.05, 3.63) is 71.7 Å². The van der Waals surface area contributed by atoms with E-state index in [0.717, 1.165) is 0 Å². The molecule has 0 atom stereocenters. The van der Waals surface area contributed by atoms with Crippen LogP contribution in [0.1, 0.15) is 30.5 Å². The quantitative estimate of drug-likeness (QED) is 0.800. The lowest BCUT2D eigenvalue weighted by atomic mass is 9.92. The highest BCUT2D eigenvalue weighted by Gasteiger charge is 2.09. The van der Waals surface area contributed by atoms with E-state index in [1.54, 1.807) is 12.2 Å². The third-order valence-electron chi connectivity index (χ3n) is 2.95.